The summed E-state index contributed by atoms with van der Waals surface area (Å²) in [5.74, 6) is -0.478. The number of amides is 2. The lowest BCUT2D eigenvalue weighted by Crippen LogP contribution is -2.52. The molecule has 0 bridgehead atoms. The third-order valence-electron chi connectivity index (χ3n) is 6.55. The molecule has 0 fully saturated rings. The van der Waals surface area contributed by atoms with Gasteiger partial charge in [0.15, 0.2) is 0 Å². The van der Waals surface area contributed by atoms with E-state index in [4.69, 9.17) is 0 Å². The van der Waals surface area contributed by atoms with Crippen molar-refractivity contribution in [3.8, 4) is 0 Å². The molecule has 0 radical (unpaired) electrons. The second kappa shape index (κ2) is 13.9. The zero-order valence-corrected chi connectivity index (χ0v) is 26.1. The highest BCUT2D eigenvalue weighted by atomic mass is 79.9. The van der Waals surface area contributed by atoms with Gasteiger partial charge in [-0.3, -0.25) is 13.9 Å². The van der Waals surface area contributed by atoms with Crippen molar-refractivity contribution < 1.29 is 18.0 Å². The predicted molar refractivity (Wildman–Crippen MR) is 164 cm³/mol. The maximum atomic E-state index is 14.1. The summed E-state index contributed by atoms with van der Waals surface area (Å²) in [6.07, 6.45) is 0.379. The Morgan fingerprint density at radius 2 is 1.43 bits per heavy atom. The number of benzene rings is 3. The van der Waals surface area contributed by atoms with E-state index >= 15 is 0 Å². The Balaban J connectivity index is 2.03. The SMILES string of the molecule is CCC(C(=O)NCC(C)C)N(Cc1ccc(C)cc1)C(=O)CN(c1ccc(Br)cc1)S(=O)(=O)c1ccc(C)cc1. The molecule has 0 aliphatic carbocycles. The number of halogens is 1. The van der Waals surface area contributed by atoms with Gasteiger partial charge < -0.3 is 10.2 Å². The molecule has 214 valence electrons. The predicted octanol–water partition coefficient (Wildman–Crippen LogP) is 5.84. The molecule has 0 saturated carbocycles. The Morgan fingerprint density at radius 3 is 1.95 bits per heavy atom. The molecule has 0 aliphatic rings. The van der Waals surface area contributed by atoms with Crippen LogP contribution >= 0.6 is 15.9 Å². The zero-order chi connectivity index (χ0) is 29.4. The maximum absolute atomic E-state index is 14.1. The Bertz CT molecular complexity index is 1390. The minimum atomic E-state index is -4.09. The molecule has 0 spiro atoms. The van der Waals surface area contributed by atoms with E-state index in [0.717, 1.165) is 25.5 Å². The molecular weight excluding hydrogens is 590 g/mol. The molecule has 3 rings (SSSR count). The molecule has 3 aromatic rings. The second-order valence-electron chi connectivity index (χ2n) is 10.4. The van der Waals surface area contributed by atoms with Crippen LogP contribution < -0.4 is 9.62 Å². The number of anilines is 1. The van der Waals surface area contributed by atoms with Crippen LogP contribution in [0.25, 0.3) is 0 Å². The van der Waals surface area contributed by atoms with Crippen LogP contribution in [-0.2, 0) is 26.2 Å². The first-order valence-corrected chi connectivity index (χ1v) is 15.6. The number of rotatable bonds is 12. The quantitative estimate of drug-likeness (QED) is 0.273. The van der Waals surface area contributed by atoms with E-state index in [-0.39, 0.29) is 23.3 Å². The summed E-state index contributed by atoms with van der Waals surface area (Å²) in [6.45, 7) is 9.91. The van der Waals surface area contributed by atoms with Gasteiger partial charge in [0, 0.05) is 17.6 Å². The molecule has 1 N–H and O–H groups in total. The summed E-state index contributed by atoms with van der Waals surface area (Å²) >= 11 is 3.40. The Kier molecular flexibility index (Phi) is 10.9. The van der Waals surface area contributed by atoms with E-state index in [1.807, 2.05) is 58.9 Å². The number of nitrogens with one attached hydrogen (secondary N) is 1. The summed E-state index contributed by atoms with van der Waals surface area (Å²) in [4.78, 5) is 28.9. The first-order chi connectivity index (χ1) is 18.9. The standard InChI is InChI=1S/C31H38BrN3O4S/c1-6-29(31(37)33-19-22(2)3)34(20-25-11-7-23(4)8-12-25)30(36)21-35(27-15-13-26(32)14-16-27)40(38,39)28-17-9-24(5)10-18-28/h7-18,22,29H,6,19-21H2,1-5H3,(H,33,37). The van der Waals surface area contributed by atoms with Gasteiger partial charge in [0.2, 0.25) is 11.8 Å². The molecule has 2 amide bonds. The van der Waals surface area contributed by atoms with Crippen LogP contribution in [-0.4, -0.2) is 44.3 Å². The van der Waals surface area contributed by atoms with Crippen molar-refractivity contribution in [3.05, 3.63) is 94.0 Å². The fourth-order valence-electron chi connectivity index (χ4n) is 4.21. The van der Waals surface area contributed by atoms with Crippen molar-refractivity contribution in [2.24, 2.45) is 5.92 Å². The van der Waals surface area contributed by atoms with Crippen molar-refractivity contribution in [1.82, 2.24) is 10.2 Å². The Hall–Kier alpha value is -3.17. The van der Waals surface area contributed by atoms with Gasteiger partial charge in [0.05, 0.1) is 10.6 Å². The lowest BCUT2D eigenvalue weighted by Gasteiger charge is -2.33. The topological polar surface area (TPSA) is 86.8 Å². The van der Waals surface area contributed by atoms with Gasteiger partial charge in [-0.15, -0.1) is 0 Å². The van der Waals surface area contributed by atoms with Crippen molar-refractivity contribution in [2.45, 2.75) is 58.5 Å². The number of carbonyl (C=O) groups is 2. The fraction of sp³-hybridized carbons (Fsp3) is 0.355. The summed E-state index contributed by atoms with van der Waals surface area (Å²) < 4.78 is 29.7. The molecule has 0 aromatic heterocycles. The van der Waals surface area contributed by atoms with Crippen molar-refractivity contribution >= 4 is 43.5 Å². The fourth-order valence-corrected chi connectivity index (χ4v) is 5.88. The number of hydrogen-bond acceptors (Lipinski definition) is 4. The molecule has 40 heavy (non-hydrogen) atoms. The van der Waals surface area contributed by atoms with E-state index < -0.39 is 28.5 Å². The summed E-state index contributed by atoms with van der Waals surface area (Å²) in [6, 6.07) is 20.3. The summed E-state index contributed by atoms with van der Waals surface area (Å²) in [5, 5.41) is 2.95. The minimum Gasteiger partial charge on any atom is -0.354 e. The lowest BCUT2D eigenvalue weighted by atomic mass is 10.1. The normalized spacial score (nSPS) is 12.2. The molecule has 0 aliphatic heterocycles. The van der Waals surface area contributed by atoms with E-state index in [0.29, 0.717) is 18.7 Å². The third kappa shape index (κ3) is 8.17. The van der Waals surface area contributed by atoms with Gasteiger partial charge >= 0.3 is 0 Å². The number of aryl methyl sites for hydroxylation is 2. The van der Waals surface area contributed by atoms with Gasteiger partial charge in [-0.05, 0) is 68.1 Å². The highest BCUT2D eigenvalue weighted by molar-refractivity contribution is 9.10. The zero-order valence-electron chi connectivity index (χ0n) is 23.7. The Morgan fingerprint density at radius 1 is 0.875 bits per heavy atom. The van der Waals surface area contributed by atoms with E-state index in [2.05, 4.69) is 21.2 Å². The van der Waals surface area contributed by atoms with Gasteiger partial charge in [-0.25, -0.2) is 8.42 Å². The molecule has 9 heteroatoms. The molecule has 0 heterocycles. The first-order valence-electron chi connectivity index (χ1n) is 13.4. The molecule has 7 nitrogen and oxygen atoms in total. The highest BCUT2D eigenvalue weighted by Gasteiger charge is 2.33. The molecule has 1 atom stereocenters. The van der Waals surface area contributed by atoms with E-state index in [9.17, 15) is 18.0 Å². The van der Waals surface area contributed by atoms with E-state index in [1.54, 1.807) is 48.5 Å². The Labute approximate surface area is 246 Å². The van der Waals surface area contributed by atoms with Crippen LogP contribution in [0.3, 0.4) is 0 Å². The number of carbonyl (C=O) groups excluding carboxylic acids is 2. The first kappa shape index (κ1) is 31.4. The van der Waals surface area contributed by atoms with Crippen LogP contribution in [0.4, 0.5) is 5.69 Å². The molecular formula is C31H38BrN3O4S. The summed E-state index contributed by atoms with van der Waals surface area (Å²) in [7, 11) is -4.09. The monoisotopic (exact) mass is 627 g/mol. The van der Waals surface area contributed by atoms with Gasteiger partial charge in [-0.1, -0.05) is 84.2 Å². The van der Waals surface area contributed by atoms with Crippen LogP contribution in [0.5, 0.6) is 0 Å². The lowest BCUT2D eigenvalue weighted by molar-refractivity contribution is -0.140. The maximum Gasteiger partial charge on any atom is 0.264 e. The van der Waals surface area contributed by atoms with Crippen molar-refractivity contribution in [1.29, 1.82) is 0 Å². The average Bonchev–Trinajstić information content (AvgIpc) is 2.92. The van der Waals surface area contributed by atoms with Crippen molar-refractivity contribution in [2.75, 3.05) is 17.4 Å². The summed E-state index contributed by atoms with van der Waals surface area (Å²) in [5.41, 5.74) is 3.21. The van der Waals surface area contributed by atoms with E-state index in [1.165, 1.54) is 4.90 Å². The second-order valence-corrected chi connectivity index (χ2v) is 13.1. The number of hydrogen-bond donors (Lipinski definition) is 1. The van der Waals surface area contributed by atoms with Gasteiger partial charge in [0.1, 0.15) is 12.6 Å². The smallest absolute Gasteiger partial charge is 0.264 e. The third-order valence-corrected chi connectivity index (χ3v) is 8.86. The molecule has 1 unspecified atom stereocenters. The van der Waals surface area contributed by atoms with Crippen LogP contribution in [0.15, 0.2) is 82.2 Å². The molecule has 3 aromatic carbocycles. The van der Waals surface area contributed by atoms with Crippen LogP contribution in [0, 0.1) is 19.8 Å². The van der Waals surface area contributed by atoms with Crippen molar-refractivity contribution in [3.63, 3.8) is 0 Å². The molecule has 0 saturated heterocycles. The minimum absolute atomic E-state index is 0.0839. The van der Waals surface area contributed by atoms with Crippen LogP contribution in [0.2, 0.25) is 0 Å². The van der Waals surface area contributed by atoms with Gasteiger partial charge in [-0.2, -0.15) is 0 Å². The average molecular weight is 629 g/mol. The van der Waals surface area contributed by atoms with Crippen LogP contribution in [0.1, 0.15) is 43.9 Å². The van der Waals surface area contributed by atoms with Gasteiger partial charge in [0.25, 0.3) is 10.0 Å². The largest absolute Gasteiger partial charge is 0.354 e. The highest BCUT2D eigenvalue weighted by Crippen LogP contribution is 2.26. The number of nitrogens with zero attached hydrogens (tertiary/aromatic N) is 2. The number of sulfonamides is 1.